The Kier molecular flexibility index (Phi) is 1.88. The standard InChI is InChI=1S/C8H15NO3/c1-8(2)11-6-3-9-5(4-10)7(6)12-8/h5-7,9-10H,3-4H2,1-2H3/t5-,6+,7-/m1/s1. The normalized spacial score (nSPS) is 44.8. The molecule has 0 aromatic carbocycles. The molecule has 0 bridgehead atoms. The summed E-state index contributed by atoms with van der Waals surface area (Å²) in [7, 11) is 0. The van der Waals surface area contributed by atoms with Crippen LogP contribution < -0.4 is 5.32 Å². The Morgan fingerprint density at radius 2 is 2.25 bits per heavy atom. The van der Waals surface area contributed by atoms with Gasteiger partial charge in [-0.15, -0.1) is 0 Å². The fourth-order valence-electron chi connectivity index (χ4n) is 1.91. The van der Waals surface area contributed by atoms with E-state index in [1.165, 1.54) is 0 Å². The summed E-state index contributed by atoms with van der Waals surface area (Å²) in [5.41, 5.74) is 0. The van der Waals surface area contributed by atoms with Gasteiger partial charge in [0.2, 0.25) is 0 Å². The van der Waals surface area contributed by atoms with Crippen LogP contribution in [-0.2, 0) is 9.47 Å². The van der Waals surface area contributed by atoms with E-state index in [2.05, 4.69) is 5.32 Å². The smallest absolute Gasteiger partial charge is 0.163 e. The number of hydrogen-bond acceptors (Lipinski definition) is 4. The molecule has 0 radical (unpaired) electrons. The number of aliphatic hydroxyl groups excluding tert-OH is 1. The second kappa shape index (κ2) is 2.67. The van der Waals surface area contributed by atoms with Gasteiger partial charge in [-0.3, -0.25) is 0 Å². The highest BCUT2D eigenvalue weighted by atomic mass is 16.8. The third-order valence-electron chi connectivity index (χ3n) is 2.40. The molecule has 0 amide bonds. The van der Waals surface area contributed by atoms with Gasteiger partial charge in [-0.2, -0.15) is 0 Å². The second-order valence-electron chi connectivity index (χ2n) is 3.84. The van der Waals surface area contributed by atoms with Crippen LogP contribution in [0.5, 0.6) is 0 Å². The Bertz CT molecular complexity index is 183. The van der Waals surface area contributed by atoms with Crippen molar-refractivity contribution < 1.29 is 14.6 Å². The summed E-state index contributed by atoms with van der Waals surface area (Å²) in [6.45, 7) is 4.69. The molecule has 0 saturated carbocycles. The molecular weight excluding hydrogens is 158 g/mol. The van der Waals surface area contributed by atoms with E-state index in [0.29, 0.717) is 0 Å². The Labute approximate surface area is 71.9 Å². The van der Waals surface area contributed by atoms with Crippen molar-refractivity contribution in [3.8, 4) is 0 Å². The lowest BCUT2D eigenvalue weighted by atomic mass is 10.1. The third-order valence-corrected chi connectivity index (χ3v) is 2.40. The highest BCUT2D eigenvalue weighted by molar-refractivity contribution is 4.97. The van der Waals surface area contributed by atoms with Gasteiger partial charge < -0.3 is 19.9 Å². The predicted molar refractivity (Wildman–Crippen MR) is 42.7 cm³/mol. The highest BCUT2D eigenvalue weighted by Gasteiger charge is 2.48. The summed E-state index contributed by atoms with van der Waals surface area (Å²) in [6.07, 6.45) is 0.127. The average Bonchev–Trinajstić information content (AvgIpc) is 2.42. The molecule has 0 unspecified atom stereocenters. The van der Waals surface area contributed by atoms with Crippen molar-refractivity contribution in [1.29, 1.82) is 0 Å². The maximum atomic E-state index is 8.99. The lowest BCUT2D eigenvalue weighted by molar-refractivity contribution is -0.153. The van der Waals surface area contributed by atoms with Crippen LogP contribution in [0.2, 0.25) is 0 Å². The minimum absolute atomic E-state index is 0.0185. The lowest BCUT2D eigenvalue weighted by Gasteiger charge is -2.20. The van der Waals surface area contributed by atoms with Crippen LogP contribution in [-0.4, -0.2) is 42.3 Å². The van der Waals surface area contributed by atoms with Gasteiger partial charge in [0.05, 0.1) is 12.6 Å². The first-order chi connectivity index (χ1) is 5.62. The number of hydrogen-bond donors (Lipinski definition) is 2. The molecule has 0 aliphatic carbocycles. The van der Waals surface area contributed by atoms with Crippen molar-refractivity contribution in [3.63, 3.8) is 0 Å². The molecule has 2 heterocycles. The van der Waals surface area contributed by atoms with Gasteiger partial charge in [0, 0.05) is 6.54 Å². The molecule has 70 valence electrons. The molecular formula is C8H15NO3. The van der Waals surface area contributed by atoms with E-state index in [4.69, 9.17) is 14.6 Å². The highest BCUT2D eigenvalue weighted by Crippen LogP contribution is 2.32. The largest absolute Gasteiger partial charge is 0.395 e. The molecule has 0 aromatic heterocycles. The van der Waals surface area contributed by atoms with Crippen LogP contribution in [0.3, 0.4) is 0 Å². The summed E-state index contributed by atoms with van der Waals surface area (Å²) in [6, 6.07) is 0.0387. The van der Waals surface area contributed by atoms with Gasteiger partial charge in [0.15, 0.2) is 5.79 Å². The monoisotopic (exact) mass is 173 g/mol. The van der Waals surface area contributed by atoms with Crippen molar-refractivity contribution in [2.75, 3.05) is 13.2 Å². The van der Waals surface area contributed by atoms with Crippen LogP contribution in [0.4, 0.5) is 0 Å². The second-order valence-corrected chi connectivity index (χ2v) is 3.84. The zero-order valence-corrected chi connectivity index (χ0v) is 7.41. The first kappa shape index (κ1) is 8.44. The van der Waals surface area contributed by atoms with Crippen molar-refractivity contribution in [1.82, 2.24) is 5.32 Å². The van der Waals surface area contributed by atoms with Crippen LogP contribution in [0, 0.1) is 0 Å². The Balaban J connectivity index is 2.06. The Morgan fingerprint density at radius 3 is 2.92 bits per heavy atom. The number of nitrogens with one attached hydrogen (secondary N) is 1. The molecule has 0 aromatic rings. The van der Waals surface area contributed by atoms with Crippen molar-refractivity contribution in [2.24, 2.45) is 0 Å². The van der Waals surface area contributed by atoms with Gasteiger partial charge >= 0.3 is 0 Å². The minimum atomic E-state index is -0.481. The fraction of sp³-hybridized carbons (Fsp3) is 1.00. The van der Waals surface area contributed by atoms with E-state index in [0.717, 1.165) is 6.54 Å². The van der Waals surface area contributed by atoms with Crippen molar-refractivity contribution in [2.45, 2.75) is 37.9 Å². The van der Waals surface area contributed by atoms with Crippen LogP contribution in [0.15, 0.2) is 0 Å². The van der Waals surface area contributed by atoms with E-state index >= 15 is 0 Å². The number of aliphatic hydroxyl groups is 1. The van der Waals surface area contributed by atoms with Gasteiger partial charge in [-0.25, -0.2) is 0 Å². The molecule has 12 heavy (non-hydrogen) atoms. The Hall–Kier alpha value is -0.160. The minimum Gasteiger partial charge on any atom is -0.395 e. The third kappa shape index (κ3) is 1.25. The molecule has 3 atom stereocenters. The average molecular weight is 173 g/mol. The van der Waals surface area contributed by atoms with Crippen LogP contribution in [0.25, 0.3) is 0 Å². The van der Waals surface area contributed by atoms with Crippen LogP contribution in [0.1, 0.15) is 13.8 Å². The Morgan fingerprint density at radius 1 is 1.50 bits per heavy atom. The SMILES string of the molecule is CC1(C)O[C@H]2[C@H](CN[C@@H]2CO)O1. The van der Waals surface area contributed by atoms with E-state index in [9.17, 15) is 0 Å². The maximum Gasteiger partial charge on any atom is 0.163 e. The predicted octanol–water partition coefficient (Wildman–Crippen LogP) is -0.529. The topological polar surface area (TPSA) is 50.7 Å². The van der Waals surface area contributed by atoms with Gasteiger partial charge in [-0.05, 0) is 13.8 Å². The maximum absolute atomic E-state index is 8.99. The molecule has 2 aliphatic heterocycles. The molecule has 2 aliphatic rings. The summed E-state index contributed by atoms with van der Waals surface area (Å²) in [4.78, 5) is 0. The first-order valence-electron chi connectivity index (χ1n) is 4.32. The van der Waals surface area contributed by atoms with Gasteiger partial charge in [-0.1, -0.05) is 0 Å². The zero-order chi connectivity index (χ0) is 8.77. The fourth-order valence-corrected chi connectivity index (χ4v) is 1.91. The van der Waals surface area contributed by atoms with E-state index in [1.54, 1.807) is 0 Å². The molecule has 2 N–H and O–H groups in total. The molecule has 4 nitrogen and oxygen atoms in total. The lowest BCUT2D eigenvalue weighted by Crippen LogP contribution is -2.37. The first-order valence-corrected chi connectivity index (χ1v) is 4.32. The summed E-state index contributed by atoms with van der Waals surface area (Å²) in [5.74, 6) is -0.481. The van der Waals surface area contributed by atoms with E-state index < -0.39 is 5.79 Å². The molecule has 0 spiro atoms. The van der Waals surface area contributed by atoms with E-state index in [-0.39, 0.29) is 24.9 Å². The van der Waals surface area contributed by atoms with Crippen LogP contribution >= 0.6 is 0 Å². The summed E-state index contributed by atoms with van der Waals surface area (Å²) in [5, 5.41) is 12.1. The quantitative estimate of drug-likeness (QED) is 0.559. The number of fused-ring (bicyclic) bond motifs is 1. The molecule has 4 heteroatoms. The summed E-state index contributed by atoms with van der Waals surface area (Å²) < 4.78 is 11.2. The molecule has 2 saturated heterocycles. The number of rotatable bonds is 1. The molecule has 2 rings (SSSR count). The molecule has 2 fully saturated rings. The number of ether oxygens (including phenoxy) is 2. The van der Waals surface area contributed by atoms with Gasteiger partial charge in [0.25, 0.3) is 0 Å². The van der Waals surface area contributed by atoms with Gasteiger partial charge in [0.1, 0.15) is 12.2 Å². The van der Waals surface area contributed by atoms with Crippen molar-refractivity contribution in [3.05, 3.63) is 0 Å². The van der Waals surface area contributed by atoms with Crippen molar-refractivity contribution >= 4 is 0 Å². The summed E-state index contributed by atoms with van der Waals surface area (Å²) >= 11 is 0. The van der Waals surface area contributed by atoms with E-state index in [1.807, 2.05) is 13.8 Å². The zero-order valence-electron chi connectivity index (χ0n) is 7.41.